The molecule has 4 rings (SSSR count). The van der Waals surface area contributed by atoms with E-state index in [-0.39, 0.29) is 11.8 Å². The van der Waals surface area contributed by atoms with Crippen molar-refractivity contribution in [1.82, 2.24) is 4.90 Å². The molecule has 0 spiro atoms. The van der Waals surface area contributed by atoms with Crippen molar-refractivity contribution < 1.29 is 9.59 Å². The van der Waals surface area contributed by atoms with Crippen LogP contribution in [0.15, 0.2) is 42.5 Å². The van der Waals surface area contributed by atoms with E-state index >= 15 is 0 Å². The molecule has 2 amide bonds. The maximum Gasteiger partial charge on any atom is 0.240 e. The Morgan fingerprint density at radius 1 is 0.862 bits per heavy atom. The van der Waals surface area contributed by atoms with Crippen molar-refractivity contribution in [2.75, 3.05) is 36.4 Å². The number of piperazine rings is 1. The number of rotatable bonds is 4. The molecule has 5 nitrogen and oxygen atoms in total. The number of nitrogens with zero attached hydrogens (tertiary/aromatic N) is 2. The molecule has 1 aliphatic heterocycles. The fourth-order valence-electron chi connectivity index (χ4n) is 4.15. The zero-order valence-corrected chi connectivity index (χ0v) is 17.5. The highest BCUT2D eigenvalue weighted by Gasteiger charge is 2.58. The molecule has 2 fully saturated rings. The highest BCUT2D eigenvalue weighted by Crippen LogP contribution is 2.48. The van der Waals surface area contributed by atoms with Gasteiger partial charge in [0.15, 0.2) is 0 Å². The number of para-hydroxylation sites is 1. The second kappa shape index (κ2) is 7.54. The third kappa shape index (κ3) is 3.61. The van der Waals surface area contributed by atoms with Gasteiger partial charge in [-0.05, 0) is 62.4 Å². The smallest absolute Gasteiger partial charge is 0.240 e. The number of amides is 2. The molecule has 5 heteroatoms. The molecule has 0 bridgehead atoms. The summed E-state index contributed by atoms with van der Waals surface area (Å²) in [6.07, 6.45) is 1.28. The second-order valence-corrected chi connectivity index (χ2v) is 8.35. The Morgan fingerprint density at radius 3 is 2.17 bits per heavy atom. The van der Waals surface area contributed by atoms with Gasteiger partial charge in [-0.25, -0.2) is 0 Å². The third-order valence-electron chi connectivity index (χ3n) is 6.47. The lowest BCUT2D eigenvalue weighted by Gasteiger charge is -2.38. The minimum absolute atomic E-state index is 0.0100. The van der Waals surface area contributed by atoms with E-state index < -0.39 is 5.41 Å². The molecular formula is C24H29N3O2. The summed E-state index contributed by atoms with van der Waals surface area (Å²) in [5.74, 6) is -0.169. The van der Waals surface area contributed by atoms with Crippen LogP contribution in [-0.4, -0.2) is 42.9 Å². The van der Waals surface area contributed by atoms with Gasteiger partial charge in [-0.15, -0.1) is 0 Å². The number of hydrogen-bond donors (Lipinski definition) is 1. The number of carbonyl (C=O) groups excluding carboxylic acids is 2. The topological polar surface area (TPSA) is 52.7 Å². The van der Waals surface area contributed by atoms with Gasteiger partial charge in [-0.2, -0.15) is 0 Å². The lowest BCUT2D eigenvalue weighted by molar-refractivity contribution is -0.142. The Kier molecular flexibility index (Phi) is 5.07. The Labute approximate surface area is 172 Å². The van der Waals surface area contributed by atoms with Crippen molar-refractivity contribution in [2.24, 2.45) is 5.41 Å². The average molecular weight is 392 g/mol. The minimum Gasteiger partial charge on any atom is -0.368 e. The summed E-state index contributed by atoms with van der Waals surface area (Å²) in [4.78, 5) is 30.4. The van der Waals surface area contributed by atoms with Crippen LogP contribution in [-0.2, 0) is 9.59 Å². The van der Waals surface area contributed by atoms with E-state index in [4.69, 9.17) is 0 Å². The van der Waals surface area contributed by atoms with E-state index in [0.717, 1.165) is 24.3 Å². The summed E-state index contributed by atoms with van der Waals surface area (Å²) in [5, 5.41) is 2.98. The lowest BCUT2D eigenvalue weighted by Crippen LogP contribution is -2.52. The van der Waals surface area contributed by atoms with Gasteiger partial charge in [0.05, 0.1) is 0 Å². The fraction of sp³-hybridized carbons (Fsp3) is 0.417. The maximum atomic E-state index is 13.2. The summed E-state index contributed by atoms with van der Waals surface area (Å²) < 4.78 is 0. The molecule has 2 aromatic carbocycles. The van der Waals surface area contributed by atoms with Crippen LogP contribution in [0, 0.1) is 26.2 Å². The molecular weight excluding hydrogens is 362 g/mol. The molecule has 0 atom stereocenters. The van der Waals surface area contributed by atoms with Crippen molar-refractivity contribution in [3.05, 3.63) is 59.2 Å². The van der Waals surface area contributed by atoms with Crippen molar-refractivity contribution in [1.29, 1.82) is 0 Å². The number of benzene rings is 2. The van der Waals surface area contributed by atoms with E-state index in [1.165, 1.54) is 16.8 Å². The highest BCUT2D eigenvalue weighted by molar-refractivity contribution is 6.13. The van der Waals surface area contributed by atoms with E-state index in [1.54, 1.807) is 0 Å². The highest BCUT2D eigenvalue weighted by atomic mass is 16.2. The molecule has 0 aromatic heterocycles. The number of anilines is 2. The molecule has 1 saturated carbocycles. The molecule has 0 unspecified atom stereocenters. The average Bonchev–Trinajstić information content (AvgIpc) is 3.53. The summed E-state index contributed by atoms with van der Waals surface area (Å²) >= 11 is 0. The summed E-state index contributed by atoms with van der Waals surface area (Å²) in [6, 6.07) is 14.1. The quantitative estimate of drug-likeness (QED) is 0.809. The largest absolute Gasteiger partial charge is 0.368 e. The van der Waals surface area contributed by atoms with Crippen molar-refractivity contribution in [3.63, 3.8) is 0 Å². The monoisotopic (exact) mass is 391 g/mol. The van der Waals surface area contributed by atoms with Crippen LogP contribution in [0.2, 0.25) is 0 Å². The van der Waals surface area contributed by atoms with Crippen molar-refractivity contribution >= 4 is 23.2 Å². The first-order chi connectivity index (χ1) is 13.9. The maximum absolute atomic E-state index is 13.2. The Morgan fingerprint density at radius 2 is 1.52 bits per heavy atom. The van der Waals surface area contributed by atoms with Gasteiger partial charge >= 0.3 is 0 Å². The zero-order chi connectivity index (χ0) is 20.6. The van der Waals surface area contributed by atoms with Crippen LogP contribution in [0.25, 0.3) is 0 Å². The molecule has 1 saturated heterocycles. The van der Waals surface area contributed by atoms with Crippen molar-refractivity contribution in [3.8, 4) is 0 Å². The van der Waals surface area contributed by atoms with E-state index in [0.29, 0.717) is 25.9 Å². The standard InChI is InChI=1S/C24H29N3O2/c1-17-8-6-10-21(19(17)3)26-13-15-27(16-14-26)23(29)24(11-12-24)22(28)25-20-9-5-4-7-18(20)2/h4-10H,11-16H2,1-3H3,(H,25,28). The molecule has 1 aliphatic carbocycles. The van der Waals surface area contributed by atoms with Crippen LogP contribution in [0.5, 0.6) is 0 Å². The molecule has 1 heterocycles. The van der Waals surface area contributed by atoms with E-state index in [9.17, 15) is 9.59 Å². The van der Waals surface area contributed by atoms with E-state index in [2.05, 4.69) is 42.3 Å². The van der Waals surface area contributed by atoms with Gasteiger partial charge in [0.25, 0.3) is 0 Å². The SMILES string of the molecule is Cc1ccccc1NC(=O)C1(C(=O)N2CCN(c3cccc(C)c3C)CC2)CC1. The van der Waals surface area contributed by atoms with Gasteiger partial charge in [-0.3, -0.25) is 9.59 Å². The first-order valence-electron chi connectivity index (χ1n) is 10.4. The Hall–Kier alpha value is -2.82. The first kappa shape index (κ1) is 19.5. The third-order valence-corrected chi connectivity index (χ3v) is 6.47. The predicted octanol–water partition coefficient (Wildman–Crippen LogP) is 3.68. The number of aryl methyl sites for hydroxylation is 2. The van der Waals surface area contributed by atoms with Gasteiger partial charge in [0.1, 0.15) is 5.41 Å². The molecule has 0 radical (unpaired) electrons. The minimum atomic E-state index is -0.871. The second-order valence-electron chi connectivity index (χ2n) is 8.35. The molecule has 29 heavy (non-hydrogen) atoms. The van der Waals surface area contributed by atoms with E-state index in [1.807, 2.05) is 36.1 Å². The fourth-order valence-corrected chi connectivity index (χ4v) is 4.15. The lowest BCUT2D eigenvalue weighted by atomic mass is 10.0. The number of nitrogens with one attached hydrogen (secondary N) is 1. The number of hydrogen-bond acceptors (Lipinski definition) is 3. The van der Waals surface area contributed by atoms with Gasteiger partial charge < -0.3 is 15.1 Å². The van der Waals surface area contributed by atoms with Gasteiger partial charge in [-0.1, -0.05) is 30.3 Å². The summed E-state index contributed by atoms with van der Waals surface area (Å²) in [5.41, 5.74) is 4.75. The van der Waals surface area contributed by atoms with Crippen LogP contribution in [0.3, 0.4) is 0 Å². The Balaban J connectivity index is 1.41. The summed E-state index contributed by atoms with van der Waals surface area (Å²) in [6.45, 7) is 9.15. The normalized spacial score (nSPS) is 17.8. The molecule has 2 aromatic rings. The molecule has 1 N–H and O–H groups in total. The van der Waals surface area contributed by atoms with Crippen LogP contribution >= 0.6 is 0 Å². The molecule has 2 aliphatic rings. The van der Waals surface area contributed by atoms with Gasteiger partial charge in [0.2, 0.25) is 11.8 Å². The predicted molar refractivity (Wildman–Crippen MR) is 116 cm³/mol. The van der Waals surface area contributed by atoms with Crippen LogP contribution < -0.4 is 10.2 Å². The summed E-state index contributed by atoms with van der Waals surface area (Å²) in [7, 11) is 0. The molecule has 152 valence electrons. The first-order valence-corrected chi connectivity index (χ1v) is 10.4. The van der Waals surface area contributed by atoms with Crippen molar-refractivity contribution in [2.45, 2.75) is 33.6 Å². The van der Waals surface area contributed by atoms with Crippen LogP contribution in [0.4, 0.5) is 11.4 Å². The zero-order valence-electron chi connectivity index (χ0n) is 17.5. The Bertz CT molecular complexity index is 941. The number of carbonyl (C=O) groups is 2. The van der Waals surface area contributed by atoms with Gasteiger partial charge in [0, 0.05) is 37.6 Å². The van der Waals surface area contributed by atoms with Crippen LogP contribution in [0.1, 0.15) is 29.5 Å².